The van der Waals surface area contributed by atoms with Crippen molar-refractivity contribution in [2.24, 2.45) is 5.10 Å². The second-order valence-corrected chi connectivity index (χ2v) is 4.57. The third-order valence-electron chi connectivity index (χ3n) is 2.69. The van der Waals surface area contributed by atoms with Crippen LogP contribution in [0.25, 0.3) is 0 Å². The number of methoxy groups -OCH3 is 1. The van der Waals surface area contributed by atoms with E-state index in [-0.39, 0.29) is 11.7 Å². The molecule has 6 heteroatoms. The molecule has 2 aromatic rings. The molecule has 0 heterocycles. The van der Waals surface area contributed by atoms with Crippen LogP contribution in [-0.4, -0.2) is 24.3 Å². The summed E-state index contributed by atoms with van der Waals surface area (Å²) < 4.78 is 4.94. The molecule has 0 aliphatic carbocycles. The van der Waals surface area contributed by atoms with Crippen LogP contribution in [0.1, 0.15) is 15.9 Å². The van der Waals surface area contributed by atoms with Crippen LogP contribution in [0.15, 0.2) is 47.6 Å². The fourth-order valence-corrected chi connectivity index (χ4v) is 1.74. The molecule has 5 nitrogen and oxygen atoms in total. The predicted molar refractivity (Wildman–Crippen MR) is 81.2 cm³/mol. The fourth-order valence-electron chi connectivity index (χ4n) is 1.62. The number of aromatic hydroxyl groups is 1. The summed E-state index contributed by atoms with van der Waals surface area (Å²) in [5.74, 6) is 0.0310. The Bertz CT molecular complexity index is 669. The quantitative estimate of drug-likeness (QED) is 0.674. The zero-order chi connectivity index (χ0) is 15.2. The summed E-state index contributed by atoms with van der Waals surface area (Å²) in [6, 6.07) is 11.3. The number of carbonyl (C=O) groups is 1. The Morgan fingerprint density at radius 1 is 1.29 bits per heavy atom. The Morgan fingerprint density at radius 2 is 2.00 bits per heavy atom. The van der Waals surface area contributed by atoms with Gasteiger partial charge in [0.25, 0.3) is 5.91 Å². The summed E-state index contributed by atoms with van der Waals surface area (Å²) in [5.41, 5.74) is 3.47. The molecule has 2 aromatic carbocycles. The van der Waals surface area contributed by atoms with Gasteiger partial charge in [-0.1, -0.05) is 11.6 Å². The highest BCUT2D eigenvalue weighted by molar-refractivity contribution is 6.30. The molecule has 0 aliphatic rings. The Kier molecular flexibility index (Phi) is 4.79. The van der Waals surface area contributed by atoms with Gasteiger partial charge in [-0.2, -0.15) is 5.10 Å². The number of ether oxygens (including phenoxy) is 1. The van der Waals surface area contributed by atoms with Crippen molar-refractivity contribution < 1.29 is 14.6 Å². The van der Waals surface area contributed by atoms with Crippen molar-refractivity contribution >= 4 is 23.7 Å². The summed E-state index contributed by atoms with van der Waals surface area (Å²) >= 11 is 5.75. The topological polar surface area (TPSA) is 70.9 Å². The van der Waals surface area contributed by atoms with Crippen molar-refractivity contribution in [2.75, 3.05) is 7.11 Å². The van der Waals surface area contributed by atoms with Crippen LogP contribution in [0.2, 0.25) is 5.02 Å². The van der Waals surface area contributed by atoms with E-state index in [9.17, 15) is 9.90 Å². The number of phenolic OH excluding ortho intramolecular Hbond substituents is 1. The van der Waals surface area contributed by atoms with E-state index < -0.39 is 0 Å². The van der Waals surface area contributed by atoms with E-state index in [2.05, 4.69) is 10.5 Å². The maximum Gasteiger partial charge on any atom is 0.271 e. The van der Waals surface area contributed by atoms with Gasteiger partial charge in [0.05, 0.1) is 13.3 Å². The van der Waals surface area contributed by atoms with Crippen LogP contribution >= 0.6 is 11.6 Å². The van der Waals surface area contributed by atoms with Gasteiger partial charge < -0.3 is 9.84 Å². The van der Waals surface area contributed by atoms with Gasteiger partial charge in [0.1, 0.15) is 0 Å². The summed E-state index contributed by atoms with van der Waals surface area (Å²) in [4.78, 5) is 11.8. The lowest BCUT2D eigenvalue weighted by Gasteiger charge is -2.03. The molecule has 0 saturated carbocycles. The van der Waals surface area contributed by atoms with E-state index in [1.807, 2.05) is 0 Å². The number of amides is 1. The lowest BCUT2D eigenvalue weighted by atomic mass is 10.2. The predicted octanol–water partition coefficient (Wildman–Crippen LogP) is 2.82. The van der Waals surface area contributed by atoms with Crippen molar-refractivity contribution in [3.63, 3.8) is 0 Å². The third-order valence-corrected chi connectivity index (χ3v) is 2.94. The lowest BCUT2D eigenvalue weighted by Crippen LogP contribution is -2.17. The molecule has 0 spiro atoms. The van der Waals surface area contributed by atoms with Gasteiger partial charge in [-0.3, -0.25) is 4.79 Å². The number of halogens is 1. The van der Waals surface area contributed by atoms with Crippen LogP contribution in [0.4, 0.5) is 0 Å². The molecule has 0 fully saturated rings. The molecule has 0 atom stereocenters. The third kappa shape index (κ3) is 3.97. The molecule has 0 aromatic heterocycles. The minimum atomic E-state index is -0.347. The highest BCUT2D eigenvalue weighted by Crippen LogP contribution is 2.25. The number of rotatable bonds is 4. The highest BCUT2D eigenvalue weighted by atomic mass is 35.5. The number of carbonyl (C=O) groups excluding carboxylic acids is 1. The summed E-state index contributed by atoms with van der Waals surface area (Å²) in [5, 5.41) is 14.0. The number of benzene rings is 2. The lowest BCUT2D eigenvalue weighted by molar-refractivity contribution is 0.0955. The largest absolute Gasteiger partial charge is 0.504 e. The van der Waals surface area contributed by atoms with E-state index in [1.54, 1.807) is 36.4 Å². The first-order valence-corrected chi connectivity index (χ1v) is 6.44. The molecule has 0 unspecified atom stereocenters. The first-order valence-electron chi connectivity index (χ1n) is 6.06. The summed E-state index contributed by atoms with van der Waals surface area (Å²) in [6.07, 6.45) is 1.42. The van der Waals surface area contributed by atoms with Gasteiger partial charge in [-0.05, 0) is 48.0 Å². The number of hydrazone groups is 1. The van der Waals surface area contributed by atoms with E-state index in [0.717, 1.165) is 0 Å². The van der Waals surface area contributed by atoms with Crippen LogP contribution in [-0.2, 0) is 0 Å². The number of hydrogen-bond acceptors (Lipinski definition) is 4. The van der Waals surface area contributed by atoms with Gasteiger partial charge in [0.15, 0.2) is 11.5 Å². The molecule has 0 aliphatic heterocycles. The van der Waals surface area contributed by atoms with Crippen molar-refractivity contribution in [1.29, 1.82) is 0 Å². The first kappa shape index (κ1) is 14.9. The fraction of sp³-hybridized carbons (Fsp3) is 0.0667. The van der Waals surface area contributed by atoms with E-state index in [1.165, 1.54) is 19.4 Å². The van der Waals surface area contributed by atoms with E-state index in [4.69, 9.17) is 16.3 Å². The second-order valence-electron chi connectivity index (χ2n) is 4.14. The first-order chi connectivity index (χ1) is 10.1. The molecule has 0 radical (unpaired) electrons. The maximum atomic E-state index is 11.8. The minimum absolute atomic E-state index is 0.00507. The number of hydrogen-bond donors (Lipinski definition) is 2. The molecular formula is C15H13ClN2O3. The molecule has 108 valence electrons. The van der Waals surface area contributed by atoms with Gasteiger partial charge in [-0.25, -0.2) is 5.43 Å². The Labute approximate surface area is 126 Å². The monoisotopic (exact) mass is 304 g/mol. The molecule has 2 rings (SSSR count). The van der Waals surface area contributed by atoms with Gasteiger partial charge in [-0.15, -0.1) is 0 Å². The average molecular weight is 305 g/mol. The number of phenols is 1. The van der Waals surface area contributed by atoms with Crippen molar-refractivity contribution in [3.05, 3.63) is 58.6 Å². The van der Waals surface area contributed by atoms with Gasteiger partial charge >= 0.3 is 0 Å². The highest BCUT2D eigenvalue weighted by Gasteiger charge is 2.04. The van der Waals surface area contributed by atoms with Crippen LogP contribution < -0.4 is 10.2 Å². The van der Waals surface area contributed by atoms with Gasteiger partial charge in [0.2, 0.25) is 0 Å². The maximum absolute atomic E-state index is 11.8. The van der Waals surface area contributed by atoms with Crippen LogP contribution in [0.5, 0.6) is 11.5 Å². The Morgan fingerprint density at radius 3 is 2.62 bits per heavy atom. The van der Waals surface area contributed by atoms with Gasteiger partial charge in [0, 0.05) is 10.6 Å². The Hall–Kier alpha value is -2.53. The van der Waals surface area contributed by atoms with Crippen molar-refractivity contribution in [2.45, 2.75) is 0 Å². The standard InChI is InChI=1S/C15H13ClN2O3/c1-21-14-7-2-10(8-13(14)19)9-17-18-15(20)11-3-5-12(16)6-4-11/h2-9,19H,1H3,(H,18,20)/b17-9+. The average Bonchev–Trinajstić information content (AvgIpc) is 2.48. The normalized spacial score (nSPS) is 10.6. The van der Waals surface area contributed by atoms with E-state index >= 15 is 0 Å². The number of nitrogens with zero attached hydrogens (tertiary/aromatic N) is 1. The Balaban J connectivity index is 2.00. The molecular weight excluding hydrogens is 292 g/mol. The van der Waals surface area contributed by atoms with Crippen molar-refractivity contribution in [1.82, 2.24) is 5.43 Å². The zero-order valence-electron chi connectivity index (χ0n) is 11.2. The smallest absolute Gasteiger partial charge is 0.271 e. The molecule has 1 amide bonds. The number of nitrogens with one attached hydrogen (secondary N) is 1. The van der Waals surface area contributed by atoms with Crippen LogP contribution in [0, 0.1) is 0 Å². The minimum Gasteiger partial charge on any atom is -0.504 e. The summed E-state index contributed by atoms with van der Waals surface area (Å²) in [7, 11) is 1.47. The molecule has 0 bridgehead atoms. The molecule has 2 N–H and O–H groups in total. The molecule has 21 heavy (non-hydrogen) atoms. The zero-order valence-corrected chi connectivity index (χ0v) is 12.0. The van der Waals surface area contributed by atoms with Crippen LogP contribution in [0.3, 0.4) is 0 Å². The van der Waals surface area contributed by atoms with Crippen molar-refractivity contribution in [3.8, 4) is 11.5 Å². The summed E-state index contributed by atoms with van der Waals surface area (Å²) in [6.45, 7) is 0. The van der Waals surface area contributed by atoms with E-state index in [0.29, 0.717) is 21.9 Å². The molecule has 0 saturated heterocycles. The SMILES string of the molecule is COc1ccc(/C=N/NC(=O)c2ccc(Cl)cc2)cc1O. The second kappa shape index (κ2) is 6.76.